The fraction of sp³-hybridized carbons (Fsp3) is 0.643. The van der Waals surface area contributed by atoms with Crippen LogP contribution in [0.3, 0.4) is 0 Å². The highest BCUT2D eigenvalue weighted by molar-refractivity contribution is 5.90. The molecule has 1 spiro atoms. The summed E-state index contributed by atoms with van der Waals surface area (Å²) in [6, 6.07) is 5.85. The van der Waals surface area contributed by atoms with Crippen LogP contribution in [0.2, 0.25) is 0 Å². The van der Waals surface area contributed by atoms with E-state index in [9.17, 15) is 14.7 Å². The molecule has 4 aliphatic rings. The molecule has 1 saturated heterocycles. The number of carbonyl (C=O) groups is 2. The molecule has 1 atom stereocenters. The van der Waals surface area contributed by atoms with E-state index in [4.69, 9.17) is 4.74 Å². The molecular weight excluding hydrogens is 442 g/mol. The van der Waals surface area contributed by atoms with E-state index in [2.05, 4.69) is 16.7 Å². The van der Waals surface area contributed by atoms with Gasteiger partial charge in [0.1, 0.15) is 5.75 Å². The molecule has 7 nitrogen and oxygen atoms in total. The van der Waals surface area contributed by atoms with Gasteiger partial charge in [-0.05, 0) is 68.1 Å². The maximum Gasteiger partial charge on any atom is 0.223 e. The van der Waals surface area contributed by atoms with Crippen LogP contribution in [-0.4, -0.2) is 64.6 Å². The third-order valence-electron chi connectivity index (χ3n) is 9.04. The van der Waals surface area contributed by atoms with E-state index in [1.807, 2.05) is 22.9 Å². The Morgan fingerprint density at radius 1 is 1.06 bits per heavy atom. The van der Waals surface area contributed by atoms with Crippen molar-refractivity contribution in [3.8, 4) is 5.75 Å². The Hall–Kier alpha value is -2.54. The van der Waals surface area contributed by atoms with Gasteiger partial charge < -0.3 is 24.2 Å². The molecule has 188 valence electrons. The first kappa shape index (κ1) is 22.9. The number of aliphatic hydroxyl groups is 1. The topological polar surface area (TPSA) is 75.0 Å². The van der Waals surface area contributed by atoms with Gasteiger partial charge in [0.2, 0.25) is 11.8 Å². The van der Waals surface area contributed by atoms with Crippen LogP contribution in [0.5, 0.6) is 5.75 Å². The van der Waals surface area contributed by atoms with E-state index in [0.717, 1.165) is 55.7 Å². The van der Waals surface area contributed by atoms with Crippen molar-refractivity contribution >= 4 is 22.7 Å². The minimum absolute atomic E-state index is 0.0905. The van der Waals surface area contributed by atoms with Crippen LogP contribution >= 0.6 is 0 Å². The Bertz CT molecular complexity index is 1150. The number of methoxy groups -OCH3 is 1. The van der Waals surface area contributed by atoms with Gasteiger partial charge in [-0.25, -0.2) is 0 Å². The maximum atomic E-state index is 13.5. The Morgan fingerprint density at radius 3 is 2.31 bits per heavy atom. The quantitative estimate of drug-likeness (QED) is 0.688. The summed E-state index contributed by atoms with van der Waals surface area (Å²) in [5, 5.41) is 11.7. The Kier molecular flexibility index (Phi) is 5.59. The molecule has 2 aromatic rings. The molecule has 7 heteroatoms. The van der Waals surface area contributed by atoms with Gasteiger partial charge in [0, 0.05) is 62.1 Å². The van der Waals surface area contributed by atoms with Gasteiger partial charge in [-0.15, -0.1) is 0 Å². The summed E-state index contributed by atoms with van der Waals surface area (Å²) in [5.74, 6) is 2.33. The van der Waals surface area contributed by atoms with E-state index < -0.39 is 0 Å². The van der Waals surface area contributed by atoms with Crippen LogP contribution in [0, 0.1) is 11.8 Å². The number of hydrogen-bond acceptors (Lipinski definition) is 4. The highest BCUT2D eigenvalue weighted by Gasteiger charge is 2.50. The second-order valence-corrected chi connectivity index (χ2v) is 11.4. The zero-order chi connectivity index (χ0) is 24.3. The standard InChI is InChI=1S/C28H37N3O4/c1-29-22-15-20(35-2)7-8-21(22)26-27(29)23(16-32)31(25(34)14-19-5-6-19)17-28(26)9-11-30(12-10-28)24(33)13-18-3-4-18/h7-8,15,18-19,23,32H,3-6,9-14,16-17H2,1-2H3/t23-/m0/s1. The average molecular weight is 480 g/mol. The van der Waals surface area contributed by atoms with E-state index in [-0.39, 0.29) is 29.9 Å². The number of piperidine rings is 1. The summed E-state index contributed by atoms with van der Waals surface area (Å²) in [5.41, 5.74) is 3.16. The molecule has 6 rings (SSSR count). The van der Waals surface area contributed by atoms with Crippen molar-refractivity contribution in [1.29, 1.82) is 0 Å². The van der Waals surface area contributed by atoms with Crippen LogP contribution < -0.4 is 4.74 Å². The van der Waals surface area contributed by atoms with Gasteiger partial charge in [-0.1, -0.05) is 0 Å². The van der Waals surface area contributed by atoms with Gasteiger partial charge in [0.25, 0.3) is 0 Å². The third-order valence-corrected chi connectivity index (χ3v) is 9.04. The lowest BCUT2D eigenvalue weighted by Crippen LogP contribution is -2.56. The number of benzene rings is 1. The third kappa shape index (κ3) is 3.92. The number of carbonyl (C=O) groups excluding carboxylic acids is 2. The van der Waals surface area contributed by atoms with Crippen molar-refractivity contribution in [2.24, 2.45) is 18.9 Å². The van der Waals surface area contributed by atoms with Gasteiger partial charge in [0.15, 0.2) is 0 Å². The number of aryl methyl sites for hydroxylation is 1. The van der Waals surface area contributed by atoms with Gasteiger partial charge >= 0.3 is 0 Å². The minimum atomic E-state index is -0.347. The molecular formula is C28H37N3O4. The van der Waals surface area contributed by atoms with E-state index >= 15 is 0 Å². The lowest BCUT2D eigenvalue weighted by molar-refractivity contribution is -0.139. The summed E-state index contributed by atoms with van der Waals surface area (Å²) in [4.78, 5) is 30.4. The molecule has 2 aliphatic heterocycles. The van der Waals surface area contributed by atoms with Crippen molar-refractivity contribution in [2.75, 3.05) is 33.4 Å². The first-order chi connectivity index (χ1) is 16.9. The van der Waals surface area contributed by atoms with Gasteiger partial charge in [0.05, 0.1) is 25.3 Å². The highest BCUT2D eigenvalue weighted by atomic mass is 16.5. The number of fused-ring (bicyclic) bond motifs is 4. The highest BCUT2D eigenvalue weighted by Crippen LogP contribution is 2.51. The lowest BCUT2D eigenvalue weighted by atomic mass is 9.68. The number of aliphatic hydroxyl groups excluding tert-OH is 1. The molecule has 35 heavy (non-hydrogen) atoms. The number of ether oxygens (including phenoxy) is 1. The second kappa shape index (κ2) is 8.54. The van der Waals surface area contributed by atoms with Crippen molar-refractivity contribution < 1.29 is 19.4 Å². The van der Waals surface area contributed by atoms with Crippen molar-refractivity contribution in [1.82, 2.24) is 14.4 Å². The van der Waals surface area contributed by atoms with E-state index in [1.54, 1.807) is 7.11 Å². The molecule has 0 radical (unpaired) electrons. The predicted molar refractivity (Wildman–Crippen MR) is 133 cm³/mol. The molecule has 1 aromatic heterocycles. The number of hydrogen-bond donors (Lipinski definition) is 1. The lowest BCUT2D eigenvalue weighted by Gasteiger charge is -2.50. The monoisotopic (exact) mass is 479 g/mol. The fourth-order valence-electron chi connectivity index (χ4n) is 6.60. The van der Waals surface area contributed by atoms with Crippen molar-refractivity contribution in [3.05, 3.63) is 29.5 Å². The SMILES string of the molecule is COc1ccc2c3c(n(C)c2c1)[C@H](CO)N(C(=O)CC1CC1)CC31CCN(C(=O)CC2CC2)CC1. The smallest absolute Gasteiger partial charge is 0.223 e. The zero-order valence-corrected chi connectivity index (χ0v) is 21.0. The molecule has 2 amide bonds. The van der Waals surface area contributed by atoms with Gasteiger partial charge in [-0.3, -0.25) is 9.59 Å². The number of aromatic nitrogens is 1. The summed E-state index contributed by atoms with van der Waals surface area (Å²) < 4.78 is 7.68. The van der Waals surface area contributed by atoms with Crippen LogP contribution in [0.25, 0.3) is 10.9 Å². The number of rotatable bonds is 6. The first-order valence-corrected chi connectivity index (χ1v) is 13.3. The summed E-state index contributed by atoms with van der Waals surface area (Å²) in [7, 11) is 3.72. The Balaban J connectivity index is 1.41. The molecule has 0 unspecified atom stereocenters. The Morgan fingerprint density at radius 2 is 1.71 bits per heavy atom. The molecule has 1 N–H and O–H groups in total. The van der Waals surface area contributed by atoms with Crippen molar-refractivity contribution in [3.63, 3.8) is 0 Å². The summed E-state index contributed by atoms with van der Waals surface area (Å²) >= 11 is 0. The molecule has 1 aromatic carbocycles. The van der Waals surface area contributed by atoms with Crippen LogP contribution in [-0.2, 0) is 22.1 Å². The van der Waals surface area contributed by atoms with Crippen LogP contribution in [0.15, 0.2) is 18.2 Å². The Labute approximate surface area is 207 Å². The number of nitrogens with zero attached hydrogens (tertiary/aromatic N) is 3. The molecule has 3 heterocycles. The minimum Gasteiger partial charge on any atom is -0.497 e. The summed E-state index contributed by atoms with van der Waals surface area (Å²) in [6.07, 6.45) is 7.58. The van der Waals surface area contributed by atoms with Gasteiger partial charge in [-0.2, -0.15) is 0 Å². The summed E-state index contributed by atoms with van der Waals surface area (Å²) in [6.45, 7) is 1.98. The van der Waals surface area contributed by atoms with Crippen LogP contribution in [0.1, 0.15) is 68.7 Å². The predicted octanol–water partition coefficient (Wildman–Crippen LogP) is 3.52. The molecule has 2 aliphatic carbocycles. The normalized spacial score (nSPS) is 23.6. The maximum absolute atomic E-state index is 13.5. The largest absolute Gasteiger partial charge is 0.497 e. The molecule has 0 bridgehead atoms. The first-order valence-electron chi connectivity index (χ1n) is 13.3. The van der Waals surface area contributed by atoms with E-state index in [0.29, 0.717) is 31.2 Å². The van der Waals surface area contributed by atoms with Crippen LogP contribution in [0.4, 0.5) is 0 Å². The molecule has 3 fully saturated rings. The number of likely N-dealkylation sites (tertiary alicyclic amines) is 1. The zero-order valence-electron chi connectivity index (χ0n) is 21.0. The fourth-order valence-corrected chi connectivity index (χ4v) is 6.60. The second-order valence-electron chi connectivity index (χ2n) is 11.4. The molecule has 2 saturated carbocycles. The average Bonchev–Trinajstić information content (AvgIpc) is 3.80. The van der Waals surface area contributed by atoms with E-state index in [1.165, 1.54) is 23.8 Å². The number of amides is 2. The van der Waals surface area contributed by atoms with Crippen molar-refractivity contribution in [2.45, 2.75) is 62.8 Å².